The van der Waals surface area contributed by atoms with Gasteiger partial charge in [0, 0.05) is 18.7 Å². The maximum Gasteiger partial charge on any atom is 0.307 e. The minimum atomic E-state index is -0.929. The van der Waals surface area contributed by atoms with E-state index in [9.17, 15) is 9.59 Å². The van der Waals surface area contributed by atoms with E-state index in [4.69, 9.17) is 9.52 Å². The number of hydrogen-bond donors (Lipinski definition) is 2. The Morgan fingerprint density at radius 3 is 2.67 bits per heavy atom. The van der Waals surface area contributed by atoms with E-state index in [1.54, 1.807) is 39.0 Å². The predicted molar refractivity (Wildman–Crippen MR) is 75.8 cm³/mol. The van der Waals surface area contributed by atoms with Crippen LogP contribution < -0.4 is 5.32 Å². The van der Waals surface area contributed by atoms with E-state index in [0.29, 0.717) is 17.2 Å². The van der Waals surface area contributed by atoms with Crippen molar-refractivity contribution in [3.05, 3.63) is 24.1 Å². The molecule has 6 heteroatoms. The van der Waals surface area contributed by atoms with Gasteiger partial charge < -0.3 is 14.8 Å². The number of carbonyl (C=O) groups is 2. The van der Waals surface area contributed by atoms with Crippen LogP contribution in [0.15, 0.2) is 22.6 Å². The van der Waals surface area contributed by atoms with Crippen LogP contribution in [0.5, 0.6) is 0 Å². The summed E-state index contributed by atoms with van der Waals surface area (Å²) in [5, 5.41) is 11.9. The summed E-state index contributed by atoms with van der Waals surface area (Å²) in [5.74, 6) is -1.79. The Kier molecular flexibility index (Phi) is 2.79. The van der Waals surface area contributed by atoms with Crippen LogP contribution in [0.25, 0.3) is 11.1 Å². The number of hydrogen-bond acceptors (Lipinski definition) is 4. The first kappa shape index (κ1) is 13.6. The maximum absolute atomic E-state index is 12.2. The lowest BCUT2D eigenvalue weighted by molar-refractivity contribution is -0.140. The number of oxazole rings is 1. The molecule has 0 spiro atoms. The van der Waals surface area contributed by atoms with Gasteiger partial charge in [-0.15, -0.1) is 0 Å². The fourth-order valence-electron chi connectivity index (χ4n) is 2.93. The molecule has 2 atom stereocenters. The van der Waals surface area contributed by atoms with Crippen molar-refractivity contribution in [2.24, 2.45) is 17.3 Å². The molecule has 2 N–H and O–H groups in total. The van der Waals surface area contributed by atoms with E-state index in [1.807, 2.05) is 0 Å². The Hall–Kier alpha value is -2.37. The number of aromatic nitrogens is 1. The molecular formula is C15H16N2O4. The zero-order valence-electron chi connectivity index (χ0n) is 12.0. The lowest BCUT2D eigenvalue weighted by atomic mass is 10.1. The molecule has 0 bridgehead atoms. The van der Waals surface area contributed by atoms with Crippen LogP contribution in [0.4, 0.5) is 5.69 Å². The summed E-state index contributed by atoms with van der Waals surface area (Å²) in [6, 6.07) is 5.18. The molecule has 1 amide bonds. The normalized spacial score (nSPS) is 23.0. The molecule has 2 aromatic rings. The highest BCUT2D eigenvalue weighted by Gasteiger charge is 2.65. The third-order valence-electron chi connectivity index (χ3n) is 4.14. The molecule has 1 aliphatic rings. The molecule has 0 radical (unpaired) electrons. The second kappa shape index (κ2) is 4.31. The Labute approximate surface area is 121 Å². The first-order chi connectivity index (χ1) is 9.80. The highest BCUT2D eigenvalue weighted by Crippen LogP contribution is 2.58. The number of carboxylic acid groups (broad SMARTS) is 1. The average molecular weight is 288 g/mol. The van der Waals surface area contributed by atoms with Crippen molar-refractivity contribution in [3.8, 4) is 0 Å². The van der Waals surface area contributed by atoms with Gasteiger partial charge in [-0.25, -0.2) is 4.98 Å². The van der Waals surface area contributed by atoms with Crippen LogP contribution in [-0.4, -0.2) is 22.0 Å². The first-order valence-electron chi connectivity index (χ1n) is 6.71. The number of benzene rings is 1. The maximum atomic E-state index is 12.2. The van der Waals surface area contributed by atoms with Crippen molar-refractivity contribution in [2.75, 3.05) is 5.32 Å². The van der Waals surface area contributed by atoms with E-state index in [0.717, 1.165) is 5.52 Å². The van der Waals surface area contributed by atoms with Crippen molar-refractivity contribution in [1.29, 1.82) is 0 Å². The van der Waals surface area contributed by atoms with Crippen LogP contribution in [0.1, 0.15) is 19.7 Å². The summed E-state index contributed by atoms with van der Waals surface area (Å²) >= 11 is 0. The summed E-state index contributed by atoms with van der Waals surface area (Å²) in [4.78, 5) is 27.5. The number of nitrogens with zero attached hydrogens (tertiary/aromatic N) is 1. The number of aryl methyl sites for hydroxylation is 1. The number of carbonyl (C=O) groups excluding carboxylic acids is 1. The van der Waals surface area contributed by atoms with Crippen molar-refractivity contribution in [2.45, 2.75) is 20.8 Å². The molecule has 1 saturated carbocycles. The monoisotopic (exact) mass is 288 g/mol. The van der Waals surface area contributed by atoms with Crippen LogP contribution >= 0.6 is 0 Å². The molecule has 0 aliphatic heterocycles. The Balaban J connectivity index is 1.79. The number of fused-ring (bicyclic) bond motifs is 1. The number of amides is 1. The van der Waals surface area contributed by atoms with Gasteiger partial charge in [-0.05, 0) is 17.5 Å². The van der Waals surface area contributed by atoms with Crippen LogP contribution in [0, 0.1) is 24.2 Å². The van der Waals surface area contributed by atoms with Gasteiger partial charge >= 0.3 is 5.97 Å². The summed E-state index contributed by atoms with van der Waals surface area (Å²) in [6.07, 6.45) is 0. The van der Waals surface area contributed by atoms with Gasteiger partial charge in [-0.1, -0.05) is 13.8 Å². The van der Waals surface area contributed by atoms with E-state index in [1.165, 1.54) is 0 Å². The summed E-state index contributed by atoms with van der Waals surface area (Å²) in [6.45, 7) is 5.33. The predicted octanol–water partition coefficient (Wildman–Crippen LogP) is 2.43. The third kappa shape index (κ3) is 2.16. The first-order valence-corrected chi connectivity index (χ1v) is 6.71. The number of nitrogens with one attached hydrogen (secondary N) is 1. The SMILES string of the molecule is Cc1nc2ccc(NC(=O)[C@@H]3[C@H](C(=O)O)C3(C)C)cc2o1. The molecule has 1 heterocycles. The molecule has 110 valence electrons. The third-order valence-corrected chi connectivity index (χ3v) is 4.14. The number of aliphatic carboxylic acids is 1. The lowest BCUT2D eigenvalue weighted by Crippen LogP contribution is -2.17. The molecule has 0 unspecified atom stereocenters. The lowest BCUT2D eigenvalue weighted by Gasteiger charge is -2.05. The Morgan fingerprint density at radius 2 is 2.05 bits per heavy atom. The van der Waals surface area contributed by atoms with Crippen molar-refractivity contribution < 1.29 is 19.1 Å². The second-order valence-corrected chi connectivity index (χ2v) is 6.02. The fraction of sp³-hybridized carbons (Fsp3) is 0.400. The molecule has 21 heavy (non-hydrogen) atoms. The summed E-state index contributed by atoms with van der Waals surface area (Å²) < 4.78 is 5.41. The molecule has 1 aromatic heterocycles. The number of carboxylic acids is 1. The van der Waals surface area contributed by atoms with Gasteiger partial charge in [-0.3, -0.25) is 9.59 Å². The van der Waals surface area contributed by atoms with Gasteiger partial charge in [0.25, 0.3) is 0 Å². The van der Waals surface area contributed by atoms with Crippen molar-refractivity contribution >= 4 is 28.7 Å². The van der Waals surface area contributed by atoms with E-state index >= 15 is 0 Å². The van der Waals surface area contributed by atoms with Gasteiger partial charge in [-0.2, -0.15) is 0 Å². The van der Waals surface area contributed by atoms with Crippen LogP contribution in [0.3, 0.4) is 0 Å². The number of rotatable bonds is 3. The molecule has 1 aliphatic carbocycles. The fourth-order valence-corrected chi connectivity index (χ4v) is 2.93. The minimum Gasteiger partial charge on any atom is -0.481 e. The van der Waals surface area contributed by atoms with Crippen molar-refractivity contribution in [1.82, 2.24) is 4.98 Å². The average Bonchev–Trinajstić information content (AvgIpc) is 2.77. The quantitative estimate of drug-likeness (QED) is 0.904. The van der Waals surface area contributed by atoms with Crippen LogP contribution in [0.2, 0.25) is 0 Å². The number of anilines is 1. The van der Waals surface area contributed by atoms with Gasteiger partial charge in [0.1, 0.15) is 5.52 Å². The van der Waals surface area contributed by atoms with Crippen LogP contribution in [-0.2, 0) is 9.59 Å². The Morgan fingerprint density at radius 1 is 1.33 bits per heavy atom. The smallest absolute Gasteiger partial charge is 0.307 e. The van der Waals surface area contributed by atoms with Crippen molar-refractivity contribution in [3.63, 3.8) is 0 Å². The minimum absolute atomic E-state index is 0.275. The van der Waals surface area contributed by atoms with E-state index in [2.05, 4.69) is 10.3 Å². The molecule has 0 saturated heterocycles. The standard InChI is InChI=1S/C15H16N2O4/c1-7-16-9-5-4-8(6-10(9)21-7)17-13(18)11-12(14(19)20)15(11,2)3/h4-6,11-12H,1-3H3,(H,17,18)(H,19,20)/t11-,12+/m0/s1. The Bertz CT molecular complexity index is 747. The zero-order valence-corrected chi connectivity index (χ0v) is 12.0. The molecule has 1 fully saturated rings. The van der Waals surface area contributed by atoms with E-state index in [-0.39, 0.29) is 5.91 Å². The summed E-state index contributed by atoms with van der Waals surface area (Å²) in [7, 11) is 0. The highest BCUT2D eigenvalue weighted by molar-refractivity contribution is 6.00. The van der Waals surface area contributed by atoms with Gasteiger partial charge in [0.2, 0.25) is 5.91 Å². The molecular weight excluding hydrogens is 272 g/mol. The highest BCUT2D eigenvalue weighted by atomic mass is 16.4. The van der Waals surface area contributed by atoms with Gasteiger partial charge in [0.05, 0.1) is 11.8 Å². The van der Waals surface area contributed by atoms with Gasteiger partial charge in [0.15, 0.2) is 11.5 Å². The topological polar surface area (TPSA) is 92.4 Å². The largest absolute Gasteiger partial charge is 0.481 e. The molecule has 3 rings (SSSR count). The zero-order chi connectivity index (χ0) is 15.4. The second-order valence-electron chi connectivity index (χ2n) is 6.02. The summed E-state index contributed by atoms with van der Waals surface area (Å²) in [5.41, 5.74) is 1.38. The molecule has 6 nitrogen and oxygen atoms in total. The van der Waals surface area contributed by atoms with E-state index < -0.39 is 23.2 Å². The molecule has 1 aromatic carbocycles.